The molecule has 3 aromatic rings. The predicted octanol–water partition coefficient (Wildman–Crippen LogP) is 5.28. The molecule has 3 rings (SSSR count). The number of thiazole rings is 1. The number of aromatic nitrogens is 2. The van der Waals surface area contributed by atoms with Crippen LogP contribution in [0, 0.1) is 0 Å². The van der Waals surface area contributed by atoms with Gasteiger partial charge in [0, 0.05) is 16.9 Å². The number of benzene rings is 1. The van der Waals surface area contributed by atoms with Gasteiger partial charge in [-0.05, 0) is 37.1 Å². The van der Waals surface area contributed by atoms with Crippen molar-refractivity contribution in [2.75, 3.05) is 6.61 Å². The molecular formula is C19H21BrN2O2S. The Kier molecular flexibility index (Phi) is 5.71. The van der Waals surface area contributed by atoms with Crippen molar-refractivity contribution in [2.45, 2.75) is 38.7 Å². The number of halogens is 1. The maximum atomic E-state index is 11.6. The molecule has 0 spiro atoms. The van der Waals surface area contributed by atoms with Crippen molar-refractivity contribution in [1.29, 1.82) is 0 Å². The fourth-order valence-corrected chi connectivity index (χ4v) is 4.47. The van der Waals surface area contributed by atoms with Crippen molar-refractivity contribution in [2.24, 2.45) is 0 Å². The van der Waals surface area contributed by atoms with Crippen LogP contribution in [0.3, 0.4) is 0 Å². The Morgan fingerprint density at radius 1 is 1.24 bits per heavy atom. The molecule has 1 N–H and O–H groups in total. The van der Waals surface area contributed by atoms with Crippen molar-refractivity contribution >= 4 is 37.5 Å². The monoisotopic (exact) mass is 420 g/mol. The molecule has 1 aromatic carbocycles. The van der Waals surface area contributed by atoms with E-state index in [4.69, 9.17) is 9.72 Å². The maximum Gasteiger partial charge on any atom is 0.146 e. The Bertz CT molecular complexity index is 868. The summed E-state index contributed by atoms with van der Waals surface area (Å²) in [7, 11) is 0. The highest BCUT2D eigenvalue weighted by Gasteiger charge is 2.37. The lowest BCUT2D eigenvalue weighted by atomic mass is 9.90. The van der Waals surface area contributed by atoms with E-state index in [2.05, 4.69) is 34.8 Å². The van der Waals surface area contributed by atoms with Gasteiger partial charge in [-0.2, -0.15) is 0 Å². The minimum atomic E-state index is -1.21. The highest BCUT2D eigenvalue weighted by Crippen LogP contribution is 2.42. The number of ether oxygens (including phenoxy) is 1. The minimum absolute atomic E-state index is 0.558. The number of hydrogen-bond donors (Lipinski definition) is 1. The Labute approximate surface area is 160 Å². The van der Waals surface area contributed by atoms with E-state index in [0.717, 1.165) is 27.5 Å². The molecule has 1 atom stereocenters. The van der Waals surface area contributed by atoms with E-state index in [9.17, 15) is 5.11 Å². The summed E-state index contributed by atoms with van der Waals surface area (Å²) >= 11 is 5.01. The number of rotatable bonds is 7. The average Bonchev–Trinajstić information content (AvgIpc) is 3.04. The molecule has 0 bridgehead atoms. The van der Waals surface area contributed by atoms with Crippen molar-refractivity contribution < 1.29 is 9.84 Å². The molecule has 0 radical (unpaired) electrons. The van der Waals surface area contributed by atoms with Crippen LogP contribution in [0.1, 0.15) is 43.7 Å². The van der Waals surface area contributed by atoms with Gasteiger partial charge < -0.3 is 9.84 Å². The van der Waals surface area contributed by atoms with Gasteiger partial charge in [0.2, 0.25) is 0 Å². The molecule has 2 aromatic heterocycles. The summed E-state index contributed by atoms with van der Waals surface area (Å²) in [4.78, 5) is 8.93. The number of aliphatic hydroxyl groups is 1. The molecule has 0 aliphatic rings. The lowest BCUT2D eigenvalue weighted by Crippen LogP contribution is -2.28. The summed E-state index contributed by atoms with van der Waals surface area (Å²) in [5, 5.41) is 12.3. The zero-order valence-corrected chi connectivity index (χ0v) is 16.7. The molecule has 0 saturated carbocycles. The average molecular weight is 421 g/mol. The molecule has 0 saturated heterocycles. The molecule has 132 valence electrons. The van der Waals surface area contributed by atoms with Crippen LogP contribution in [0.5, 0.6) is 5.75 Å². The minimum Gasteiger partial charge on any atom is -0.493 e. The van der Waals surface area contributed by atoms with Crippen LogP contribution in [0.2, 0.25) is 0 Å². The molecule has 0 aliphatic carbocycles. The third kappa shape index (κ3) is 3.71. The first-order chi connectivity index (χ1) is 12.1. The van der Waals surface area contributed by atoms with Crippen molar-refractivity contribution in [3.63, 3.8) is 0 Å². The lowest BCUT2D eigenvalue weighted by Gasteiger charge is -2.27. The zero-order valence-electron chi connectivity index (χ0n) is 14.3. The zero-order chi connectivity index (χ0) is 17.9. The van der Waals surface area contributed by atoms with Gasteiger partial charge in [0.1, 0.15) is 16.4 Å². The third-order valence-corrected chi connectivity index (χ3v) is 5.67. The quantitative estimate of drug-likeness (QED) is 0.564. The summed E-state index contributed by atoms with van der Waals surface area (Å²) in [6, 6.07) is 7.77. The SMILES string of the molecule is CCCOc1ccncc1[C@](O)(CCC)c1nc2ccc(Br)cc2s1. The first kappa shape index (κ1) is 18.3. The molecular weight excluding hydrogens is 400 g/mol. The first-order valence-corrected chi connectivity index (χ1v) is 10.1. The lowest BCUT2D eigenvalue weighted by molar-refractivity contribution is 0.0661. The van der Waals surface area contributed by atoms with Crippen LogP contribution in [-0.2, 0) is 5.60 Å². The molecule has 2 heterocycles. The summed E-state index contributed by atoms with van der Waals surface area (Å²) in [6.07, 6.45) is 5.67. The topological polar surface area (TPSA) is 55.2 Å². The Balaban J connectivity index is 2.12. The van der Waals surface area contributed by atoms with Crippen molar-refractivity contribution in [3.05, 3.63) is 51.7 Å². The number of nitrogens with zero attached hydrogens (tertiary/aromatic N) is 2. The van der Waals surface area contributed by atoms with Gasteiger partial charge in [-0.1, -0.05) is 36.2 Å². The highest BCUT2D eigenvalue weighted by atomic mass is 79.9. The fraction of sp³-hybridized carbons (Fsp3) is 0.368. The number of pyridine rings is 1. The van der Waals surface area contributed by atoms with Crippen LogP contribution in [0.25, 0.3) is 10.2 Å². The van der Waals surface area contributed by atoms with E-state index < -0.39 is 5.60 Å². The highest BCUT2D eigenvalue weighted by molar-refractivity contribution is 9.10. The van der Waals surface area contributed by atoms with Crippen LogP contribution in [-0.4, -0.2) is 21.7 Å². The van der Waals surface area contributed by atoms with E-state index in [1.54, 1.807) is 12.4 Å². The Hall–Kier alpha value is -1.50. The van der Waals surface area contributed by atoms with E-state index in [1.165, 1.54) is 11.3 Å². The first-order valence-electron chi connectivity index (χ1n) is 8.44. The predicted molar refractivity (Wildman–Crippen MR) is 105 cm³/mol. The van der Waals surface area contributed by atoms with Crippen LogP contribution in [0.15, 0.2) is 41.1 Å². The molecule has 25 heavy (non-hydrogen) atoms. The van der Waals surface area contributed by atoms with E-state index in [0.29, 0.717) is 29.3 Å². The van der Waals surface area contributed by atoms with Gasteiger partial charge >= 0.3 is 0 Å². The fourth-order valence-electron chi connectivity index (χ4n) is 2.82. The normalized spacial score (nSPS) is 13.8. The van der Waals surface area contributed by atoms with Gasteiger partial charge in [0.25, 0.3) is 0 Å². The molecule has 0 aliphatic heterocycles. The molecule has 6 heteroatoms. The maximum absolute atomic E-state index is 11.6. The van der Waals surface area contributed by atoms with Gasteiger partial charge in [0.15, 0.2) is 0 Å². The van der Waals surface area contributed by atoms with E-state index in [1.807, 2.05) is 24.3 Å². The third-order valence-electron chi connectivity index (χ3n) is 4.00. The van der Waals surface area contributed by atoms with Crippen LogP contribution >= 0.6 is 27.3 Å². The van der Waals surface area contributed by atoms with E-state index >= 15 is 0 Å². The second kappa shape index (κ2) is 7.81. The summed E-state index contributed by atoms with van der Waals surface area (Å²) in [5.74, 6) is 0.674. The van der Waals surface area contributed by atoms with Gasteiger partial charge in [0.05, 0.1) is 22.4 Å². The van der Waals surface area contributed by atoms with Crippen molar-refractivity contribution in [1.82, 2.24) is 9.97 Å². The number of fused-ring (bicyclic) bond motifs is 1. The molecule has 0 fully saturated rings. The van der Waals surface area contributed by atoms with Crippen molar-refractivity contribution in [3.8, 4) is 5.75 Å². The van der Waals surface area contributed by atoms with Gasteiger partial charge in [-0.15, -0.1) is 11.3 Å². The summed E-state index contributed by atoms with van der Waals surface area (Å²) in [6.45, 7) is 4.72. The summed E-state index contributed by atoms with van der Waals surface area (Å²) in [5.41, 5.74) is 0.364. The second-order valence-electron chi connectivity index (χ2n) is 5.96. The molecule has 4 nitrogen and oxygen atoms in total. The number of hydrogen-bond acceptors (Lipinski definition) is 5. The molecule has 0 unspecified atom stereocenters. The van der Waals surface area contributed by atoms with Gasteiger partial charge in [-0.25, -0.2) is 4.98 Å². The molecule has 0 amide bonds. The van der Waals surface area contributed by atoms with E-state index in [-0.39, 0.29) is 0 Å². The standard InChI is InChI=1S/C19H21BrN2O2S/c1-3-8-19(23,14-12-21-9-7-16(14)24-10-4-2)18-22-15-6-5-13(20)11-17(15)25-18/h5-7,9,11-12,23H,3-4,8,10H2,1-2H3/t19-/m1/s1. The van der Waals surface area contributed by atoms with Gasteiger partial charge in [-0.3, -0.25) is 4.98 Å². The largest absolute Gasteiger partial charge is 0.493 e. The van der Waals surface area contributed by atoms with Crippen LogP contribution < -0.4 is 4.74 Å². The smallest absolute Gasteiger partial charge is 0.146 e. The summed E-state index contributed by atoms with van der Waals surface area (Å²) < 4.78 is 7.91. The Morgan fingerprint density at radius 3 is 2.84 bits per heavy atom. The van der Waals surface area contributed by atoms with Crippen LogP contribution in [0.4, 0.5) is 0 Å². The second-order valence-corrected chi connectivity index (χ2v) is 7.91. The Morgan fingerprint density at radius 2 is 2.08 bits per heavy atom.